The van der Waals surface area contributed by atoms with Crippen molar-refractivity contribution in [3.8, 4) is 0 Å². The van der Waals surface area contributed by atoms with Crippen molar-refractivity contribution in [2.45, 2.75) is 32.5 Å². The Hall–Kier alpha value is -1.07. The number of hydrogen-bond acceptors (Lipinski definition) is 2. The molecule has 0 aromatic rings. The fourth-order valence-corrected chi connectivity index (χ4v) is 0.788. The summed E-state index contributed by atoms with van der Waals surface area (Å²) in [4.78, 5) is 20.8. The molecule has 0 rings (SSSR count). The summed E-state index contributed by atoms with van der Waals surface area (Å²) < 4.78 is 34.9. The highest BCUT2D eigenvalue weighted by Gasteiger charge is 2.39. The normalized spacial score (nSPS) is 13.6. The predicted octanol–water partition coefficient (Wildman–Crippen LogP) is 1.03. The molecule has 3 nitrogen and oxygen atoms in total. The number of rotatable bonds is 3. The van der Waals surface area contributed by atoms with Crippen LogP contribution in [0.15, 0.2) is 0 Å². The largest absolute Gasteiger partial charge is 0.471 e. The zero-order valence-electron chi connectivity index (χ0n) is 7.23. The van der Waals surface area contributed by atoms with Gasteiger partial charge in [-0.15, -0.1) is 0 Å². The molecule has 0 aromatic heterocycles. The molecule has 0 saturated heterocycles. The van der Waals surface area contributed by atoms with E-state index in [1.807, 2.05) is 0 Å². The fourth-order valence-electron chi connectivity index (χ4n) is 0.788. The molecule has 0 fully saturated rings. The molecule has 13 heavy (non-hydrogen) atoms. The Bertz CT molecular complexity index is 212. The smallest absolute Gasteiger partial charge is 0.345 e. The van der Waals surface area contributed by atoms with Crippen LogP contribution in [0, 0.1) is 0 Å². The average Bonchev–Trinajstić information content (AvgIpc) is 1.82. The lowest BCUT2D eigenvalue weighted by Gasteiger charge is -2.13. The van der Waals surface area contributed by atoms with E-state index in [9.17, 15) is 22.8 Å². The van der Waals surface area contributed by atoms with Gasteiger partial charge in [-0.2, -0.15) is 13.2 Å². The number of amides is 1. The Morgan fingerprint density at radius 3 is 2.15 bits per heavy atom. The van der Waals surface area contributed by atoms with Crippen molar-refractivity contribution < 1.29 is 22.8 Å². The summed E-state index contributed by atoms with van der Waals surface area (Å²) in [6.45, 7) is 2.58. The third kappa shape index (κ3) is 5.21. The number of Topliss-reactive ketones (excluding diaryl/α,β-unsaturated/α-hetero) is 1. The summed E-state index contributed by atoms with van der Waals surface area (Å²) in [5.74, 6) is -2.28. The highest BCUT2D eigenvalue weighted by Crippen LogP contribution is 2.14. The van der Waals surface area contributed by atoms with Gasteiger partial charge in [0.25, 0.3) is 0 Å². The van der Waals surface area contributed by atoms with Gasteiger partial charge in [0.15, 0.2) is 0 Å². The second-order valence-electron chi connectivity index (χ2n) is 2.78. The second kappa shape index (κ2) is 4.25. The quantitative estimate of drug-likeness (QED) is 0.734. The van der Waals surface area contributed by atoms with Gasteiger partial charge in [-0.25, -0.2) is 0 Å². The zero-order chi connectivity index (χ0) is 10.6. The molecule has 1 N–H and O–H groups in total. The monoisotopic (exact) mass is 197 g/mol. The Kier molecular flexibility index (Phi) is 3.90. The predicted molar refractivity (Wildman–Crippen MR) is 39.0 cm³/mol. The lowest BCUT2D eigenvalue weighted by molar-refractivity contribution is -0.174. The third-order valence-electron chi connectivity index (χ3n) is 1.23. The summed E-state index contributed by atoms with van der Waals surface area (Å²) in [5, 5.41) is 1.67. The van der Waals surface area contributed by atoms with Gasteiger partial charge >= 0.3 is 12.1 Å². The Morgan fingerprint density at radius 1 is 1.38 bits per heavy atom. The van der Waals surface area contributed by atoms with Gasteiger partial charge < -0.3 is 5.32 Å². The Balaban J connectivity index is 4.00. The molecule has 0 saturated carbocycles. The summed E-state index contributed by atoms with van der Waals surface area (Å²) in [6, 6.07) is -0.786. The maximum absolute atomic E-state index is 11.6. The maximum atomic E-state index is 11.6. The van der Waals surface area contributed by atoms with Crippen molar-refractivity contribution >= 4 is 11.7 Å². The van der Waals surface area contributed by atoms with Gasteiger partial charge in [-0.05, 0) is 13.8 Å². The van der Waals surface area contributed by atoms with E-state index in [2.05, 4.69) is 0 Å². The van der Waals surface area contributed by atoms with Crippen molar-refractivity contribution in [2.24, 2.45) is 0 Å². The Labute approximate surface area is 73.3 Å². The molecule has 0 bridgehead atoms. The molecule has 1 amide bonds. The minimum absolute atomic E-state index is 0.0954. The van der Waals surface area contributed by atoms with Gasteiger partial charge in [-0.3, -0.25) is 9.59 Å². The van der Waals surface area contributed by atoms with E-state index >= 15 is 0 Å². The summed E-state index contributed by atoms with van der Waals surface area (Å²) >= 11 is 0. The number of ketones is 1. The first-order chi connectivity index (χ1) is 5.73. The van der Waals surface area contributed by atoms with Crippen LogP contribution in [-0.2, 0) is 9.59 Å². The van der Waals surface area contributed by atoms with Crippen LogP contribution < -0.4 is 5.32 Å². The third-order valence-corrected chi connectivity index (χ3v) is 1.23. The summed E-state index contributed by atoms with van der Waals surface area (Å²) in [7, 11) is 0. The van der Waals surface area contributed by atoms with Crippen molar-refractivity contribution in [1.82, 2.24) is 5.32 Å². The van der Waals surface area contributed by atoms with E-state index in [1.165, 1.54) is 13.8 Å². The number of carbonyl (C=O) groups is 2. The molecule has 0 radical (unpaired) electrons. The van der Waals surface area contributed by atoms with Crippen LogP contribution in [0.3, 0.4) is 0 Å². The number of nitrogens with one attached hydrogen (secondary N) is 1. The van der Waals surface area contributed by atoms with Crippen LogP contribution in [0.25, 0.3) is 0 Å². The van der Waals surface area contributed by atoms with E-state index in [4.69, 9.17) is 0 Å². The van der Waals surface area contributed by atoms with E-state index in [1.54, 1.807) is 5.32 Å². The first kappa shape index (κ1) is 11.9. The van der Waals surface area contributed by atoms with Crippen molar-refractivity contribution in [2.75, 3.05) is 0 Å². The first-order valence-corrected chi connectivity index (χ1v) is 3.60. The number of halogens is 3. The van der Waals surface area contributed by atoms with Crippen LogP contribution >= 0.6 is 0 Å². The van der Waals surface area contributed by atoms with Crippen LogP contribution in [0.4, 0.5) is 13.2 Å². The topological polar surface area (TPSA) is 46.2 Å². The minimum Gasteiger partial charge on any atom is -0.345 e. The van der Waals surface area contributed by atoms with E-state index in [0.29, 0.717) is 0 Å². The second-order valence-corrected chi connectivity index (χ2v) is 2.78. The molecule has 6 heteroatoms. The first-order valence-electron chi connectivity index (χ1n) is 3.60. The molecule has 0 spiro atoms. The maximum Gasteiger partial charge on any atom is 0.471 e. The van der Waals surface area contributed by atoms with Gasteiger partial charge in [0.1, 0.15) is 5.78 Å². The number of alkyl halides is 3. The molecular weight excluding hydrogens is 187 g/mol. The highest BCUT2D eigenvalue weighted by molar-refractivity contribution is 5.83. The highest BCUT2D eigenvalue weighted by atomic mass is 19.4. The molecule has 1 unspecified atom stereocenters. The standard InChI is InChI=1S/C7H10F3NO2/c1-4(3-5(2)12)11-6(13)7(8,9)10/h4H,3H2,1-2H3,(H,11,13). The summed E-state index contributed by atoms with van der Waals surface area (Å²) in [5.41, 5.74) is 0. The van der Waals surface area contributed by atoms with Gasteiger partial charge in [0.2, 0.25) is 0 Å². The van der Waals surface area contributed by atoms with Crippen molar-refractivity contribution in [3.63, 3.8) is 0 Å². The van der Waals surface area contributed by atoms with Gasteiger partial charge in [0, 0.05) is 12.5 Å². The van der Waals surface area contributed by atoms with Crippen LogP contribution in [0.5, 0.6) is 0 Å². The zero-order valence-corrected chi connectivity index (χ0v) is 7.23. The molecule has 0 aliphatic heterocycles. The molecular formula is C7H10F3NO2. The summed E-state index contributed by atoms with van der Waals surface area (Å²) in [6.07, 6.45) is -4.98. The minimum atomic E-state index is -4.88. The van der Waals surface area contributed by atoms with E-state index in [-0.39, 0.29) is 12.2 Å². The molecule has 0 aliphatic carbocycles. The average molecular weight is 197 g/mol. The van der Waals surface area contributed by atoms with E-state index in [0.717, 1.165) is 0 Å². The molecule has 76 valence electrons. The lowest BCUT2D eigenvalue weighted by Crippen LogP contribution is -2.42. The molecule has 0 aliphatic rings. The number of carbonyl (C=O) groups excluding carboxylic acids is 2. The SMILES string of the molecule is CC(=O)CC(C)NC(=O)C(F)(F)F. The van der Waals surface area contributed by atoms with Crippen LogP contribution in [0.1, 0.15) is 20.3 Å². The number of hydrogen-bond donors (Lipinski definition) is 1. The Morgan fingerprint density at radius 2 is 1.85 bits per heavy atom. The van der Waals surface area contributed by atoms with Crippen molar-refractivity contribution in [1.29, 1.82) is 0 Å². The van der Waals surface area contributed by atoms with Gasteiger partial charge in [-0.1, -0.05) is 0 Å². The van der Waals surface area contributed by atoms with Crippen LogP contribution in [-0.4, -0.2) is 23.9 Å². The molecule has 0 heterocycles. The lowest BCUT2D eigenvalue weighted by atomic mass is 10.2. The van der Waals surface area contributed by atoms with Gasteiger partial charge in [0.05, 0.1) is 0 Å². The van der Waals surface area contributed by atoms with Crippen LogP contribution in [0.2, 0.25) is 0 Å². The van der Waals surface area contributed by atoms with E-state index < -0.39 is 18.1 Å². The van der Waals surface area contributed by atoms with Crippen molar-refractivity contribution in [3.05, 3.63) is 0 Å². The fraction of sp³-hybridized carbons (Fsp3) is 0.714. The molecule has 1 atom stereocenters. The molecule has 0 aromatic carbocycles.